The van der Waals surface area contributed by atoms with Crippen LogP contribution in [0.1, 0.15) is 12.5 Å². The van der Waals surface area contributed by atoms with Crippen LogP contribution in [0.4, 0.5) is 11.4 Å². The Labute approximate surface area is 182 Å². The minimum atomic E-state index is -4.18. The maximum Gasteiger partial charge on any atom is 0.294 e. The second kappa shape index (κ2) is 8.41. The van der Waals surface area contributed by atoms with E-state index in [9.17, 15) is 8.42 Å². The number of rotatable bonds is 2. The Kier molecular flexibility index (Phi) is 7.07. The fourth-order valence-electron chi connectivity index (χ4n) is 2.56. The van der Waals surface area contributed by atoms with Gasteiger partial charge in [-0.1, -0.05) is 58.0 Å². The van der Waals surface area contributed by atoms with Gasteiger partial charge in [-0.05, 0) is 37.3 Å². The zero-order valence-electron chi connectivity index (χ0n) is 13.9. The van der Waals surface area contributed by atoms with Gasteiger partial charge >= 0.3 is 0 Å². The minimum absolute atomic E-state index is 0.102. The number of fused-ring (bicyclic) bond motifs is 1. The van der Waals surface area contributed by atoms with Gasteiger partial charge in [0.05, 0.1) is 25.7 Å². The van der Waals surface area contributed by atoms with Crippen LogP contribution in [-0.2, 0) is 16.5 Å². The number of nitrogens with zero attached hydrogens (tertiary/aromatic N) is 1. The van der Waals surface area contributed by atoms with Gasteiger partial charge in [-0.2, -0.15) is 8.42 Å². The molecule has 0 aliphatic carbocycles. The van der Waals surface area contributed by atoms with Crippen LogP contribution in [0, 0.1) is 0 Å². The van der Waals surface area contributed by atoms with Crippen molar-refractivity contribution in [3.8, 4) is 0 Å². The lowest BCUT2D eigenvalue weighted by molar-refractivity contribution is 0.483. The van der Waals surface area contributed by atoms with E-state index in [0.717, 1.165) is 23.9 Å². The van der Waals surface area contributed by atoms with Gasteiger partial charge in [0.25, 0.3) is 10.1 Å². The first-order valence-electron chi connectivity index (χ1n) is 7.53. The fraction of sp³-hybridized carbons (Fsp3) is 0.250. The summed E-state index contributed by atoms with van der Waals surface area (Å²) < 4.78 is 28.8. The zero-order chi connectivity index (χ0) is 20.6. The summed E-state index contributed by atoms with van der Waals surface area (Å²) in [5.41, 5.74) is 7.49. The molecular weight excluding hydrogens is 478 g/mol. The zero-order valence-corrected chi connectivity index (χ0v) is 18.5. The second-order valence-corrected chi connectivity index (χ2v) is 9.66. The Morgan fingerprint density at radius 2 is 1.78 bits per heavy atom. The van der Waals surface area contributed by atoms with Crippen LogP contribution in [0.5, 0.6) is 0 Å². The van der Waals surface area contributed by atoms with Crippen molar-refractivity contribution in [3.05, 3.63) is 51.0 Å². The highest BCUT2D eigenvalue weighted by molar-refractivity contribution is 7.85. The lowest BCUT2D eigenvalue weighted by Crippen LogP contribution is -2.36. The molecule has 1 heterocycles. The lowest BCUT2D eigenvalue weighted by Gasteiger charge is -2.28. The van der Waals surface area contributed by atoms with Gasteiger partial charge in [0.2, 0.25) is 0 Å². The smallest absolute Gasteiger partial charge is 0.294 e. The second-order valence-electron chi connectivity index (χ2n) is 5.60. The number of alkyl halides is 2. The van der Waals surface area contributed by atoms with Crippen LogP contribution in [0.15, 0.2) is 35.2 Å². The Hall–Kier alpha value is -0.600. The molecule has 1 aliphatic rings. The van der Waals surface area contributed by atoms with E-state index in [1.54, 1.807) is 6.07 Å². The molecule has 0 unspecified atom stereocenters. The van der Waals surface area contributed by atoms with Crippen molar-refractivity contribution in [1.82, 2.24) is 0 Å². The third-order valence-corrected chi connectivity index (χ3v) is 6.53. The summed E-state index contributed by atoms with van der Waals surface area (Å²) in [6.07, 6.45) is 0.499. The van der Waals surface area contributed by atoms with Gasteiger partial charge in [0, 0.05) is 24.2 Å². The van der Waals surface area contributed by atoms with Crippen molar-refractivity contribution in [2.75, 3.05) is 17.2 Å². The average Bonchev–Trinajstić information content (AvgIpc) is 2.83. The quantitative estimate of drug-likeness (QED) is 0.244. The van der Waals surface area contributed by atoms with E-state index >= 15 is 0 Å². The van der Waals surface area contributed by atoms with Crippen molar-refractivity contribution in [3.63, 3.8) is 0 Å². The van der Waals surface area contributed by atoms with Gasteiger partial charge in [-0.25, -0.2) is 0 Å². The predicted molar refractivity (Wildman–Crippen MR) is 113 cm³/mol. The Balaban J connectivity index is 0.000000199. The van der Waals surface area contributed by atoms with Gasteiger partial charge < -0.3 is 10.6 Å². The third kappa shape index (κ3) is 5.07. The first-order valence-corrected chi connectivity index (χ1v) is 10.9. The molecule has 0 amide bonds. The number of benzene rings is 2. The molecule has 0 spiro atoms. The average molecular weight is 493 g/mol. The summed E-state index contributed by atoms with van der Waals surface area (Å²) in [7, 11) is -4.18. The number of likely N-dealkylation sites (N-methyl/N-ethyl adjacent to an activating group) is 1. The summed E-state index contributed by atoms with van der Waals surface area (Å²) >= 11 is 30.0. The third-order valence-electron chi connectivity index (χ3n) is 3.83. The Bertz CT molecular complexity index is 967. The molecule has 2 aromatic carbocycles. The van der Waals surface area contributed by atoms with E-state index in [2.05, 4.69) is 0 Å². The number of nitrogens with two attached hydrogens (primary N) is 1. The SMILES string of the molecule is CCN1c2ccc(Cl)c(Cl)c2CC1(Cl)Cl.Nc1ccc(S(=O)(=O)O)cc1Cl. The molecule has 1 aliphatic heterocycles. The molecule has 0 saturated heterocycles. The minimum Gasteiger partial charge on any atom is -0.398 e. The van der Waals surface area contributed by atoms with E-state index in [1.807, 2.05) is 17.9 Å². The molecular formula is C16H15Cl5N2O3S. The van der Waals surface area contributed by atoms with Crippen LogP contribution >= 0.6 is 58.0 Å². The van der Waals surface area contributed by atoms with Crippen LogP contribution in [-0.4, -0.2) is 24.0 Å². The number of hydrogen-bond donors (Lipinski definition) is 2. The van der Waals surface area contributed by atoms with E-state index in [0.29, 0.717) is 16.5 Å². The van der Waals surface area contributed by atoms with Gasteiger partial charge in [0.1, 0.15) is 0 Å². The summed E-state index contributed by atoms with van der Waals surface area (Å²) in [6, 6.07) is 7.24. The normalized spacial score (nSPS) is 15.1. The lowest BCUT2D eigenvalue weighted by atomic mass is 10.1. The molecule has 0 saturated carbocycles. The van der Waals surface area contributed by atoms with Crippen molar-refractivity contribution in [1.29, 1.82) is 0 Å². The van der Waals surface area contributed by atoms with Crippen LogP contribution in [0.3, 0.4) is 0 Å². The van der Waals surface area contributed by atoms with Crippen molar-refractivity contribution < 1.29 is 13.0 Å². The van der Waals surface area contributed by atoms with E-state index < -0.39 is 14.6 Å². The standard InChI is InChI=1S/C10H9Cl4N.C6H6ClNO3S/c1-2-15-8-4-3-7(11)9(12)6(8)5-10(15,13)14;7-5-3-4(12(9,10)11)1-2-6(5)8/h3-4H,2,5H2,1H3;1-3H,8H2,(H,9,10,11). The molecule has 11 heteroatoms. The van der Waals surface area contributed by atoms with Crippen LogP contribution in [0.25, 0.3) is 0 Å². The Morgan fingerprint density at radius 3 is 2.30 bits per heavy atom. The highest BCUT2D eigenvalue weighted by Crippen LogP contribution is 2.48. The molecule has 3 N–H and O–H groups in total. The maximum atomic E-state index is 10.6. The van der Waals surface area contributed by atoms with Crippen molar-refractivity contribution >= 4 is 79.5 Å². The number of halogens is 5. The molecule has 0 radical (unpaired) electrons. The van der Waals surface area contributed by atoms with Crippen molar-refractivity contribution in [2.45, 2.75) is 22.7 Å². The molecule has 27 heavy (non-hydrogen) atoms. The largest absolute Gasteiger partial charge is 0.398 e. The molecule has 2 aromatic rings. The molecule has 0 atom stereocenters. The molecule has 0 fully saturated rings. The Morgan fingerprint density at radius 1 is 1.15 bits per heavy atom. The highest BCUT2D eigenvalue weighted by atomic mass is 35.5. The first-order chi connectivity index (χ1) is 12.4. The first kappa shape index (κ1) is 22.7. The van der Waals surface area contributed by atoms with Crippen LogP contribution in [0.2, 0.25) is 15.1 Å². The summed E-state index contributed by atoms with van der Waals surface area (Å²) in [5, 5.41) is 1.19. The highest BCUT2D eigenvalue weighted by Gasteiger charge is 2.41. The summed E-state index contributed by atoms with van der Waals surface area (Å²) in [4.78, 5) is 1.65. The van der Waals surface area contributed by atoms with Gasteiger partial charge in [-0.15, -0.1) is 0 Å². The molecule has 3 rings (SSSR count). The molecule has 5 nitrogen and oxygen atoms in total. The molecule has 0 bridgehead atoms. The van der Waals surface area contributed by atoms with E-state index in [1.165, 1.54) is 12.1 Å². The number of anilines is 2. The van der Waals surface area contributed by atoms with Crippen molar-refractivity contribution in [2.24, 2.45) is 0 Å². The fourth-order valence-corrected chi connectivity index (χ4v) is 4.40. The monoisotopic (exact) mass is 490 g/mol. The molecule has 0 aromatic heterocycles. The van der Waals surface area contributed by atoms with Crippen LogP contribution < -0.4 is 10.6 Å². The number of hydrogen-bond acceptors (Lipinski definition) is 4. The summed E-state index contributed by atoms with van der Waals surface area (Å²) in [6.45, 7) is 2.73. The van der Waals surface area contributed by atoms with Gasteiger partial charge in [-0.3, -0.25) is 4.55 Å². The maximum absolute atomic E-state index is 10.6. The topological polar surface area (TPSA) is 83.6 Å². The van der Waals surface area contributed by atoms with Gasteiger partial charge in [0.15, 0.2) is 4.46 Å². The predicted octanol–water partition coefficient (Wildman–Crippen LogP) is 5.68. The summed E-state index contributed by atoms with van der Waals surface area (Å²) in [5.74, 6) is 0. The van der Waals surface area contributed by atoms with E-state index in [4.69, 9.17) is 68.3 Å². The molecule has 148 valence electrons. The number of nitrogen functional groups attached to an aromatic ring is 1. The van der Waals surface area contributed by atoms with E-state index in [-0.39, 0.29) is 15.6 Å².